The Morgan fingerprint density at radius 1 is 1.20 bits per heavy atom. The fourth-order valence-corrected chi connectivity index (χ4v) is 3.10. The number of amidine groups is 1. The van der Waals surface area contributed by atoms with Crippen molar-refractivity contribution in [3.8, 4) is 0 Å². The fourth-order valence-electron chi connectivity index (χ4n) is 2.28. The Balaban J connectivity index is 1.63. The van der Waals surface area contributed by atoms with Crippen molar-refractivity contribution in [3.05, 3.63) is 63.1 Å². The number of carbonyl (C=O) groups excluding carboxylic acids is 2. The first-order chi connectivity index (χ1) is 12.0. The van der Waals surface area contributed by atoms with Crippen LogP contribution in [-0.2, 0) is 16.0 Å². The third-order valence-corrected chi connectivity index (χ3v) is 4.48. The molecule has 0 unspecified atom stereocenters. The highest BCUT2D eigenvalue weighted by Gasteiger charge is 2.12. The molecule has 0 radical (unpaired) electrons. The first-order valence-corrected chi connectivity index (χ1v) is 8.62. The van der Waals surface area contributed by atoms with Gasteiger partial charge in [0.2, 0.25) is 5.91 Å². The van der Waals surface area contributed by atoms with Crippen LogP contribution in [0.5, 0.6) is 0 Å². The van der Waals surface area contributed by atoms with Crippen LogP contribution >= 0.6 is 27.5 Å². The fraction of sp³-hybridized carbons (Fsp3) is 0.118. The Morgan fingerprint density at radius 2 is 1.96 bits per heavy atom. The predicted molar refractivity (Wildman–Crippen MR) is 101 cm³/mol. The van der Waals surface area contributed by atoms with Gasteiger partial charge in [-0.3, -0.25) is 25.4 Å². The van der Waals surface area contributed by atoms with E-state index in [9.17, 15) is 9.59 Å². The molecule has 1 aliphatic heterocycles. The minimum absolute atomic E-state index is 0.0940. The summed E-state index contributed by atoms with van der Waals surface area (Å²) in [5.41, 5.74) is 7.60. The van der Waals surface area contributed by atoms with E-state index in [-0.39, 0.29) is 24.8 Å². The van der Waals surface area contributed by atoms with Crippen LogP contribution in [0, 0.1) is 0 Å². The molecule has 0 bridgehead atoms. The summed E-state index contributed by atoms with van der Waals surface area (Å²) in [6.45, 7) is 0.0940. The first kappa shape index (κ1) is 17.4. The largest absolute Gasteiger partial charge is 0.326 e. The minimum Gasteiger partial charge on any atom is -0.326 e. The van der Waals surface area contributed by atoms with Crippen LogP contribution in [0.1, 0.15) is 11.1 Å². The topological polar surface area (TPSA) is 82.6 Å². The summed E-state index contributed by atoms with van der Waals surface area (Å²) >= 11 is 9.31. The maximum Gasteiger partial charge on any atom is 0.260 e. The molecule has 2 aromatic rings. The normalized spacial score (nSPS) is 13.5. The highest BCUT2D eigenvalue weighted by Crippen LogP contribution is 2.22. The van der Waals surface area contributed by atoms with E-state index in [1.807, 2.05) is 18.2 Å². The third-order valence-electron chi connectivity index (χ3n) is 3.51. The molecule has 0 atom stereocenters. The number of halogens is 2. The number of benzene rings is 2. The van der Waals surface area contributed by atoms with E-state index in [4.69, 9.17) is 11.6 Å². The number of anilines is 1. The van der Waals surface area contributed by atoms with Gasteiger partial charge in [0, 0.05) is 20.7 Å². The number of hydrogen-bond donors (Lipinski definition) is 3. The van der Waals surface area contributed by atoms with Gasteiger partial charge in [0.05, 0.1) is 6.42 Å². The first-order valence-electron chi connectivity index (χ1n) is 7.45. The van der Waals surface area contributed by atoms with Gasteiger partial charge in [-0.25, -0.2) is 0 Å². The molecule has 1 aliphatic rings. The Bertz CT molecular complexity index is 852. The zero-order valence-corrected chi connectivity index (χ0v) is 15.3. The van der Waals surface area contributed by atoms with Gasteiger partial charge in [0.15, 0.2) is 0 Å². The quantitative estimate of drug-likeness (QED) is 0.710. The number of carbonyl (C=O) groups is 2. The van der Waals surface area contributed by atoms with Crippen molar-refractivity contribution in [3.63, 3.8) is 0 Å². The average Bonchev–Trinajstić information content (AvgIpc) is 2.59. The summed E-state index contributed by atoms with van der Waals surface area (Å²) in [7, 11) is 0. The Hall–Kier alpha value is -2.38. The van der Waals surface area contributed by atoms with Gasteiger partial charge in [0.25, 0.3) is 5.91 Å². The van der Waals surface area contributed by atoms with Crippen molar-refractivity contribution < 1.29 is 9.59 Å². The molecule has 0 fully saturated rings. The van der Waals surface area contributed by atoms with Gasteiger partial charge in [-0.05, 0) is 42.0 Å². The number of aliphatic imine (C=N–C) groups is 1. The molecule has 1 heterocycles. The molecule has 128 valence electrons. The lowest BCUT2D eigenvalue weighted by Crippen LogP contribution is -2.47. The molecule has 0 aromatic heterocycles. The van der Waals surface area contributed by atoms with E-state index in [1.54, 1.807) is 24.3 Å². The summed E-state index contributed by atoms with van der Waals surface area (Å²) in [6.07, 6.45) is 0.236. The summed E-state index contributed by atoms with van der Waals surface area (Å²) in [6, 6.07) is 12.5. The smallest absolute Gasteiger partial charge is 0.260 e. The van der Waals surface area contributed by atoms with Gasteiger partial charge in [0.1, 0.15) is 12.4 Å². The average molecular weight is 422 g/mol. The standard InChI is InChI=1S/C17H14BrClN4O2/c18-14-8-12(19)4-1-11(14)7-15(24)21-13-5-2-10(3-6-13)17-20-9-16(25)22-23-17/h1-6,8H,7,9H2,(H,20,23)(H,21,24)(H,22,25). The van der Waals surface area contributed by atoms with E-state index in [0.717, 1.165) is 15.6 Å². The van der Waals surface area contributed by atoms with Gasteiger partial charge < -0.3 is 5.32 Å². The Labute approximate surface area is 157 Å². The van der Waals surface area contributed by atoms with Crippen molar-refractivity contribution in [2.45, 2.75) is 6.42 Å². The van der Waals surface area contributed by atoms with Gasteiger partial charge >= 0.3 is 0 Å². The van der Waals surface area contributed by atoms with Crippen LogP contribution in [-0.4, -0.2) is 24.2 Å². The highest BCUT2D eigenvalue weighted by atomic mass is 79.9. The highest BCUT2D eigenvalue weighted by molar-refractivity contribution is 9.10. The zero-order chi connectivity index (χ0) is 17.8. The Morgan fingerprint density at radius 3 is 2.60 bits per heavy atom. The number of nitrogens with zero attached hydrogens (tertiary/aromatic N) is 1. The van der Waals surface area contributed by atoms with Crippen LogP contribution in [0.4, 0.5) is 5.69 Å². The molecule has 0 aliphatic carbocycles. The number of hydrazine groups is 1. The lowest BCUT2D eigenvalue weighted by atomic mass is 10.1. The van der Waals surface area contributed by atoms with Gasteiger partial charge in [-0.1, -0.05) is 33.6 Å². The van der Waals surface area contributed by atoms with Crippen LogP contribution in [0.3, 0.4) is 0 Å². The molecule has 8 heteroatoms. The maximum atomic E-state index is 12.2. The second-order valence-electron chi connectivity index (χ2n) is 5.38. The molecule has 2 amide bonds. The van der Waals surface area contributed by atoms with E-state index >= 15 is 0 Å². The van der Waals surface area contributed by atoms with Gasteiger partial charge in [-0.15, -0.1) is 0 Å². The third kappa shape index (κ3) is 4.58. The summed E-state index contributed by atoms with van der Waals surface area (Å²) in [4.78, 5) is 27.4. The van der Waals surface area contributed by atoms with Crippen molar-refractivity contribution in [1.82, 2.24) is 10.9 Å². The van der Waals surface area contributed by atoms with Crippen molar-refractivity contribution in [1.29, 1.82) is 0 Å². The number of nitrogens with one attached hydrogen (secondary N) is 3. The molecule has 0 saturated heterocycles. The van der Waals surface area contributed by atoms with Crippen LogP contribution < -0.4 is 16.2 Å². The maximum absolute atomic E-state index is 12.2. The van der Waals surface area contributed by atoms with Crippen molar-refractivity contribution in [2.24, 2.45) is 4.99 Å². The molecule has 0 saturated carbocycles. The van der Waals surface area contributed by atoms with Crippen molar-refractivity contribution in [2.75, 3.05) is 11.9 Å². The molecule has 3 N–H and O–H groups in total. The summed E-state index contributed by atoms with van der Waals surface area (Å²) in [5, 5.41) is 3.46. The van der Waals surface area contributed by atoms with Crippen molar-refractivity contribution >= 4 is 50.9 Å². The summed E-state index contributed by atoms with van der Waals surface area (Å²) in [5.74, 6) is 0.278. The molecule has 6 nitrogen and oxygen atoms in total. The predicted octanol–water partition coefficient (Wildman–Crippen LogP) is 2.66. The number of amides is 2. The number of hydrogen-bond acceptors (Lipinski definition) is 4. The molecule has 2 aromatic carbocycles. The SMILES string of the molecule is O=C1CN=C(c2ccc(NC(=O)Cc3ccc(Cl)cc3Br)cc2)NN1. The molecule has 0 spiro atoms. The summed E-state index contributed by atoms with van der Waals surface area (Å²) < 4.78 is 0.800. The van der Waals surface area contributed by atoms with E-state index in [0.29, 0.717) is 16.5 Å². The second kappa shape index (κ2) is 7.67. The van der Waals surface area contributed by atoms with Crippen LogP contribution in [0.25, 0.3) is 0 Å². The molecule has 25 heavy (non-hydrogen) atoms. The lowest BCUT2D eigenvalue weighted by molar-refractivity contribution is -0.120. The van der Waals surface area contributed by atoms with Crippen LogP contribution in [0.15, 0.2) is 51.9 Å². The second-order valence-corrected chi connectivity index (χ2v) is 6.67. The van der Waals surface area contributed by atoms with E-state index in [2.05, 4.69) is 37.1 Å². The number of rotatable bonds is 4. The lowest BCUT2D eigenvalue weighted by Gasteiger charge is -2.15. The molecular formula is C17H14BrClN4O2. The van der Waals surface area contributed by atoms with Gasteiger partial charge in [-0.2, -0.15) is 0 Å². The molecule has 3 rings (SSSR count). The van der Waals surface area contributed by atoms with Crippen LogP contribution in [0.2, 0.25) is 5.02 Å². The Kier molecular flexibility index (Phi) is 5.35. The minimum atomic E-state index is -0.180. The zero-order valence-electron chi connectivity index (χ0n) is 13.0. The molecular weight excluding hydrogens is 408 g/mol. The monoisotopic (exact) mass is 420 g/mol. The van der Waals surface area contributed by atoms with E-state index in [1.165, 1.54) is 0 Å². The van der Waals surface area contributed by atoms with E-state index < -0.39 is 0 Å².